The monoisotopic (exact) mass is 217 g/mol. The molecule has 3 N–H and O–H groups in total. The van der Waals surface area contributed by atoms with Crippen molar-refractivity contribution in [3.8, 4) is 0 Å². The van der Waals surface area contributed by atoms with Gasteiger partial charge in [-0.2, -0.15) is 0 Å². The number of amides is 1. The highest BCUT2D eigenvalue weighted by atomic mass is 16.5. The van der Waals surface area contributed by atoms with E-state index < -0.39 is 6.10 Å². The molecule has 1 aliphatic rings. The number of rotatable bonds is 5. The van der Waals surface area contributed by atoms with Crippen LogP contribution in [0.15, 0.2) is 0 Å². The van der Waals surface area contributed by atoms with Crippen LogP contribution in [0.1, 0.15) is 19.8 Å². The van der Waals surface area contributed by atoms with Crippen molar-refractivity contribution >= 4 is 5.91 Å². The number of hydrogen-bond donors (Lipinski definition) is 3. The molecule has 1 amide bonds. The van der Waals surface area contributed by atoms with Crippen LogP contribution in [0.4, 0.5) is 0 Å². The van der Waals surface area contributed by atoms with Gasteiger partial charge in [-0.1, -0.05) is 0 Å². The minimum absolute atomic E-state index is 0.0288. The van der Waals surface area contributed by atoms with Crippen molar-refractivity contribution in [3.05, 3.63) is 0 Å². The molecule has 0 aliphatic heterocycles. The Labute approximate surface area is 89.4 Å². The highest BCUT2D eigenvalue weighted by Crippen LogP contribution is 2.25. The van der Waals surface area contributed by atoms with Crippen molar-refractivity contribution in [1.29, 1.82) is 0 Å². The average Bonchev–Trinajstić information content (AvgIpc) is 2.55. The van der Waals surface area contributed by atoms with Gasteiger partial charge in [0.05, 0.1) is 6.10 Å². The molecule has 5 heteroatoms. The van der Waals surface area contributed by atoms with Crippen LogP contribution in [0.25, 0.3) is 0 Å². The molecule has 1 aliphatic carbocycles. The fraction of sp³-hybridized carbons (Fsp3) is 0.900. The number of ether oxygens (including phenoxy) is 1. The Bertz CT molecular complexity index is 210. The van der Waals surface area contributed by atoms with Crippen molar-refractivity contribution in [1.82, 2.24) is 5.32 Å². The number of carbonyl (C=O) groups is 1. The maximum Gasteiger partial charge on any atom is 0.246 e. The van der Waals surface area contributed by atoms with E-state index in [0.29, 0.717) is 19.4 Å². The van der Waals surface area contributed by atoms with Gasteiger partial charge in [0.25, 0.3) is 0 Å². The lowest BCUT2D eigenvalue weighted by Gasteiger charge is -2.12. The van der Waals surface area contributed by atoms with E-state index in [2.05, 4.69) is 5.32 Å². The second-order valence-electron chi connectivity index (χ2n) is 3.88. The summed E-state index contributed by atoms with van der Waals surface area (Å²) in [5.41, 5.74) is 0. The molecule has 88 valence electrons. The van der Waals surface area contributed by atoms with E-state index in [1.807, 2.05) is 6.92 Å². The van der Waals surface area contributed by atoms with Crippen molar-refractivity contribution in [2.24, 2.45) is 5.92 Å². The number of aliphatic hydroxyl groups is 2. The van der Waals surface area contributed by atoms with Gasteiger partial charge >= 0.3 is 0 Å². The second-order valence-corrected chi connectivity index (χ2v) is 3.88. The summed E-state index contributed by atoms with van der Waals surface area (Å²) in [6.45, 7) is 2.38. The zero-order chi connectivity index (χ0) is 11.3. The third kappa shape index (κ3) is 3.77. The quantitative estimate of drug-likeness (QED) is 0.567. The van der Waals surface area contributed by atoms with Crippen molar-refractivity contribution in [2.45, 2.75) is 31.9 Å². The average molecular weight is 217 g/mol. The first-order valence-corrected chi connectivity index (χ1v) is 5.33. The number of hydrogen-bond acceptors (Lipinski definition) is 4. The van der Waals surface area contributed by atoms with Crippen LogP contribution >= 0.6 is 0 Å². The third-order valence-corrected chi connectivity index (χ3v) is 2.69. The van der Waals surface area contributed by atoms with Gasteiger partial charge in [-0.05, 0) is 19.8 Å². The molecule has 0 saturated heterocycles. The maximum absolute atomic E-state index is 11.3. The standard InChI is InChI=1S/C10H19NO4/c1-2-15-6-10(14)11-8-3-7(5-12)9(13)4-8/h7-9,12-13H,2-6H2,1H3,(H,11,14)/t7-,8-,9+/m0/s1. The van der Waals surface area contributed by atoms with E-state index in [4.69, 9.17) is 9.84 Å². The lowest BCUT2D eigenvalue weighted by molar-refractivity contribution is -0.126. The summed E-state index contributed by atoms with van der Waals surface area (Å²) in [6, 6.07) is -0.0369. The molecule has 1 fully saturated rings. The molecule has 0 aromatic heterocycles. The van der Waals surface area contributed by atoms with Crippen LogP contribution in [0.5, 0.6) is 0 Å². The predicted octanol–water partition coefficient (Wildman–Crippen LogP) is -0.729. The molecular weight excluding hydrogens is 198 g/mol. The van der Waals surface area contributed by atoms with Crippen LogP contribution in [0, 0.1) is 5.92 Å². The minimum atomic E-state index is -0.507. The first kappa shape index (κ1) is 12.4. The van der Waals surface area contributed by atoms with E-state index in [1.165, 1.54) is 0 Å². The summed E-state index contributed by atoms with van der Waals surface area (Å²) >= 11 is 0. The fourth-order valence-corrected chi connectivity index (χ4v) is 1.88. The highest BCUT2D eigenvalue weighted by molar-refractivity contribution is 5.77. The Hall–Kier alpha value is -0.650. The fourth-order valence-electron chi connectivity index (χ4n) is 1.88. The van der Waals surface area contributed by atoms with Gasteiger partial charge < -0.3 is 20.3 Å². The molecule has 0 heterocycles. The van der Waals surface area contributed by atoms with Gasteiger partial charge in [0, 0.05) is 25.2 Å². The zero-order valence-corrected chi connectivity index (χ0v) is 8.98. The summed E-state index contributed by atoms with van der Waals surface area (Å²) < 4.78 is 4.96. The Morgan fingerprint density at radius 2 is 2.27 bits per heavy atom. The molecule has 0 radical (unpaired) electrons. The zero-order valence-electron chi connectivity index (χ0n) is 8.98. The molecule has 5 nitrogen and oxygen atoms in total. The summed E-state index contributed by atoms with van der Waals surface area (Å²) in [7, 11) is 0. The van der Waals surface area contributed by atoms with Crippen LogP contribution in [-0.4, -0.2) is 48.1 Å². The van der Waals surface area contributed by atoms with Crippen LogP contribution in [-0.2, 0) is 9.53 Å². The van der Waals surface area contributed by atoms with Crippen LogP contribution in [0.3, 0.4) is 0 Å². The molecule has 0 spiro atoms. The number of nitrogens with one attached hydrogen (secondary N) is 1. The molecule has 1 rings (SSSR count). The van der Waals surface area contributed by atoms with E-state index in [0.717, 1.165) is 0 Å². The first-order chi connectivity index (χ1) is 7.17. The Morgan fingerprint density at radius 3 is 2.80 bits per heavy atom. The molecule has 0 unspecified atom stereocenters. The van der Waals surface area contributed by atoms with E-state index in [-0.39, 0.29) is 31.1 Å². The summed E-state index contributed by atoms with van der Waals surface area (Å²) in [5, 5.41) is 21.2. The lowest BCUT2D eigenvalue weighted by atomic mass is 10.1. The topological polar surface area (TPSA) is 78.8 Å². The van der Waals surface area contributed by atoms with Gasteiger partial charge in [0.15, 0.2) is 0 Å². The summed E-state index contributed by atoms with van der Waals surface area (Å²) in [6.07, 6.45) is 0.644. The first-order valence-electron chi connectivity index (χ1n) is 5.33. The van der Waals surface area contributed by atoms with E-state index >= 15 is 0 Å². The van der Waals surface area contributed by atoms with Crippen molar-refractivity contribution in [2.75, 3.05) is 19.8 Å². The SMILES string of the molecule is CCOCC(=O)N[C@H]1C[C@@H](CO)[C@H](O)C1. The minimum Gasteiger partial charge on any atom is -0.396 e. The second kappa shape index (κ2) is 6.05. The predicted molar refractivity (Wildman–Crippen MR) is 54.2 cm³/mol. The van der Waals surface area contributed by atoms with Crippen LogP contribution < -0.4 is 5.32 Å². The van der Waals surface area contributed by atoms with Crippen LogP contribution in [0.2, 0.25) is 0 Å². The van der Waals surface area contributed by atoms with E-state index in [9.17, 15) is 9.90 Å². The van der Waals surface area contributed by atoms with Crippen molar-refractivity contribution < 1.29 is 19.7 Å². The Morgan fingerprint density at radius 1 is 1.53 bits per heavy atom. The summed E-state index contributed by atoms with van der Waals surface area (Å²) in [4.78, 5) is 11.3. The third-order valence-electron chi connectivity index (χ3n) is 2.69. The Balaban J connectivity index is 2.25. The molecular formula is C10H19NO4. The van der Waals surface area contributed by atoms with Gasteiger partial charge in [-0.25, -0.2) is 0 Å². The molecule has 15 heavy (non-hydrogen) atoms. The van der Waals surface area contributed by atoms with Gasteiger partial charge in [0.1, 0.15) is 6.61 Å². The molecule has 0 bridgehead atoms. The largest absolute Gasteiger partial charge is 0.396 e. The van der Waals surface area contributed by atoms with E-state index in [1.54, 1.807) is 0 Å². The lowest BCUT2D eigenvalue weighted by Crippen LogP contribution is -2.36. The molecule has 3 atom stereocenters. The van der Waals surface area contributed by atoms with Gasteiger partial charge in [0.2, 0.25) is 5.91 Å². The molecule has 1 saturated carbocycles. The normalized spacial score (nSPS) is 30.5. The molecule has 0 aromatic rings. The Kier molecular flexibility index (Phi) is 5.01. The number of aliphatic hydroxyl groups excluding tert-OH is 2. The summed E-state index contributed by atoms with van der Waals surface area (Å²) in [5.74, 6) is -0.268. The number of carbonyl (C=O) groups excluding carboxylic acids is 1. The highest BCUT2D eigenvalue weighted by Gasteiger charge is 2.32. The van der Waals surface area contributed by atoms with Gasteiger partial charge in [-0.3, -0.25) is 4.79 Å². The van der Waals surface area contributed by atoms with Gasteiger partial charge in [-0.15, -0.1) is 0 Å². The molecule has 0 aromatic carbocycles. The smallest absolute Gasteiger partial charge is 0.246 e. The maximum atomic E-state index is 11.3. The van der Waals surface area contributed by atoms with Crippen molar-refractivity contribution in [3.63, 3.8) is 0 Å².